The van der Waals surface area contributed by atoms with Gasteiger partial charge < -0.3 is 34.1 Å². The number of aromatic amines is 1. The second kappa shape index (κ2) is 12.2. The number of fused-ring (bicyclic) bond motifs is 2. The number of nitrogens with zero attached hydrogens (tertiary/aromatic N) is 3. The summed E-state index contributed by atoms with van der Waals surface area (Å²) in [4.78, 5) is 36.2. The van der Waals surface area contributed by atoms with E-state index in [9.17, 15) is 14.7 Å². The number of carbonyl (C=O) groups excluding carboxylic acids is 2. The number of ether oxygens (including phenoxy) is 3. The number of carbonyl (C=O) groups is 2. The minimum absolute atomic E-state index is 0.0361. The van der Waals surface area contributed by atoms with Gasteiger partial charge in [-0.1, -0.05) is 6.07 Å². The van der Waals surface area contributed by atoms with Gasteiger partial charge in [-0.15, -0.1) is 0 Å². The highest BCUT2D eigenvalue weighted by Crippen LogP contribution is 2.36. The molecule has 0 bridgehead atoms. The third kappa shape index (κ3) is 5.98. The van der Waals surface area contributed by atoms with Gasteiger partial charge in [0.2, 0.25) is 5.91 Å². The van der Waals surface area contributed by atoms with Gasteiger partial charge in [0, 0.05) is 35.6 Å². The fourth-order valence-corrected chi connectivity index (χ4v) is 4.83. The van der Waals surface area contributed by atoms with Crippen LogP contribution in [0.15, 0.2) is 78.2 Å². The molecule has 5 rings (SSSR count). The van der Waals surface area contributed by atoms with Gasteiger partial charge in [0.25, 0.3) is 0 Å². The van der Waals surface area contributed by atoms with Gasteiger partial charge in [-0.2, -0.15) is 0 Å². The van der Waals surface area contributed by atoms with E-state index in [0.29, 0.717) is 57.0 Å². The lowest BCUT2D eigenvalue weighted by Crippen LogP contribution is -2.31. The normalized spacial score (nSPS) is 12.5. The van der Waals surface area contributed by atoms with E-state index in [1.165, 1.54) is 19.6 Å². The van der Waals surface area contributed by atoms with Gasteiger partial charge in [-0.05, 0) is 81.7 Å². The quantitative estimate of drug-likeness (QED) is 0.206. The largest absolute Gasteiger partial charge is 0.494 e. The van der Waals surface area contributed by atoms with Crippen molar-refractivity contribution in [2.24, 2.45) is 4.99 Å². The maximum absolute atomic E-state index is 12.4. The molecular formula is C32H32N4O6. The maximum Gasteiger partial charge on any atom is 0.337 e. The average molecular weight is 569 g/mol. The van der Waals surface area contributed by atoms with Gasteiger partial charge in [-0.25, -0.2) is 9.79 Å². The molecule has 10 heteroatoms. The maximum atomic E-state index is 12.4. The number of nitrogens with one attached hydrogen (secondary N) is 1. The Bertz CT molecular complexity index is 1690. The zero-order valence-corrected chi connectivity index (χ0v) is 23.9. The topological polar surface area (TPSA) is 117 Å². The third-order valence-electron chi connectivity index (χ3n) is 6.87. The lowest BCUT2D eigenvalue weighted by atomic mass is 9.99. The molecule has 0 unspecified atom stereocenters. The minimum Gasteiger partial charge on any atom is -0.494 e. The van der Waals surface area contributed by atoms with Crippen molar-refractivity contribution in [1.29, 1.82) is 0 Å². The number of benzene rings is 3. The van der Waals surface area contributed by atoms with Crippen molar-refractivity contribution >= 4 is 39.9 Å². The summed E-state index contributed by atoms with van der Waals surface area (Å²) < 4.78 is 16.0. The Labute approximate surface area is 243 Å². The van der Waals surface area contributed by atoms with E-state index < -0.39 is 5.97 Å². The Kier molecular flexibility index (Phi) is 8.26. The Hall–Kier alpha value is -5.09. The SMILES string of the molecule is COC(=O)c1ccc2c(C(=Nc3ccc(N(CCCN(C)C)C(C)=O)cc3)c3ccc4c(c3)OC=CO4)c(O)[nH]c2c1. The lowest BCUT2D eigenvalue weighted by Gasteiger charge is -2.22. The minimum atomic E-state index is -0.484. The summed E-state index contributed by atoms with van der Waals surface area (Å²) in [6, 6.07) is 17.8. The number of esters is 1. The molecule has 0 spiro atoms. The van der Waals surface area contributed by atoms with Crippen LogP contribution >= 0.6 is 0 Å². The third-order valence-corrected chi connectivity index (χ3v) is 6.87. The molecule has 1 amide bonds. The smallest absolute Gasteiger partial charge is 0.337 e. The lowest BCUT2D eigenvalue weighted by molar-refractivity contribution is -0.116. The predicted molar refractivity (Wildman–Crippen MR) is 161 cm³/mol. The summed E-state index contributed by atoms with van der Waals surface area (Å²) in [6.07, 6.45) is 3.74. The van der Waals surface area contributed by atoms with Gasteiger partial charge in [-0.3, -0.25) is 4.79 Å². The van der Waals surface area contributed by atoms with Gasteiger partial charge in [0.05, 0.1) is 29.6 Å². The molecule has 0 saturated carbocycles. The first-order valence-electron chi connectivity index (χ1n) is 13.4. The number of aromatic nitrogens is 1. The van der Waals surface area contributed by atoms with Gasteiger partial charge in [0.1, 0.15) is 12.5 Å². The molecule has 42 heavy (non-hydrogen) atoms. The van der Waals surface area contributed by atoms with Crippen LogP contribution in [-0.4, -0.2) is 66.9 Å². The standard InChI is InChI=1S/C32H32N4O6/c1-20(37)36(15-5-14-35(2)3)24-10-8-23(9-11-24)33-30(21-7-13-27-28(19-21)42-17-16-41-27)29-25-12-6-22(32(39)40-4)18-26(25)34-31(29)38/h6-13,16-19,34,38H,5,14-15H2,1-4H3. The van der Waals surface area contributed by atoms with Crippen LogP contribution in [0.2, 0.25) is 0 Å². The molecule has 10 nitrogen and oxygen atoms in total. The molecule has 0 radical (unpaired) electrons. The number of H-pyrrole nitrogens is 1. The zero-order valence-electron chi connectivity index (χ0n) is 23.9. The van der Waals surface area contributed by atoms with Crippen molar-refractivity contribution in [3.05, 3.63) is 89.9 Å². The molecule has 1 aromatic heterocycles. The molecule has 4 aromatic rings. The van der Waals surface area contributed by atoms with Crippen LogP contribution in [0.3, 0.4) is 0 Å². The van der Waals surface area contributed by atoms with E-state index in [0.717, 1.165) is 18.7 Å². The average Bonchev–Trinajstić information content (AvgIpc) is 3.32. The van der Waals surface area contributed by atoms with Gasteiger partial charge >= 0.3 is 5.97 Å². The molecule has 1 aliphatic heterocycles. The van der Waals surface area contributed by atoms with Crippen molar-refractivity contribution in [3.63, 3.8) is 0 Å². The van der Waals surface area contributed by atoms with Crippen molar-refractivity contribution in [2.45, 2.75) is 13.3 Å². The van der Waals surface area contributed by atoms with Crippen LogP contribution in [0.5, 0.6) is 17.4 Å². The van der Waals surface area contributed by atoms with E-state index in [4.69, 9.17) is 19.2 Å². The Morgan fingerprint density at radius 3 is 2.33 bits per heavy atom. The van der Waals surface area contributed by atoms with Crippen LogP contribution in [-0.2, 0) is 9.53 Å². The molecule has 2 heterocycles. The fourth-order valence-electron chi connectivity index (χ4n) is 4.83. The van der Waals surface area contributed by atoms with E-state index in [1.54, 1.807) is 42.2 Å². The highest BCUT2D eigenvalue weighted by atomic mass is 16.5. The second-order valence-electron chi connectivity index (χ2n) is 10.1. The van der Waals surface area contributed by atoms with Gasteiger partial charge in [0.15, 0.2) is 17.4 Å². The number of methoxy groups -OCH3 is 1. The Morgan fingerprint density at radius 2 is 1.64 bits per heavy atom. The molecule has 0 fully saturated rings. The monoisotopic (exact) mass is 568 g/mol. The highest BCUT2D eigenvalue weighted by molar-refractivity contribution is 6.22. The van der Waals surface area contributed by atoms with Crippen molar-refractivity contribution in [3.8, 4) is 17.4 Å². The Balaban J connectivity index is 1.58. The highest BCUT2D eigenvalue weighted by Gasteiger charge is 2.22. The number of hydrogen-bond acceptors (Lipinski definition) is 8. The van der Waals surface area contributed by atoms with Crippen molar-refractivity contribution < 1.29 is 28.9 Å². The van der Waals surface area contributed by atoms with Crippen LogP contribution in [0, 0.1) is 0 Å². The molecule has 3 aromatic carbocycles. The number of aromatic hydroxyl groups is 1. The first-order valence-corrected chi connectivity index (χ1v) is 13.4. The van der Waals surface area contributed by atoms with E-state index in [1.807, 2.05) is 44.4 Å². The summed E-state index contributed by atoms with van der Waals surface area (Å²) >= 11 is 0. The summed E-state index contributed by atoms with van der Waals surface area (Å²) in [5, 5.41) is 11.8. The number of aliphatic imine (C=N–C) groups is 1. The second-order valence-corrected chi connectivity index (χ2v) is 10.1. The molecular weight excluding hydrogens is 536 g/mol. The summed E-state index contributed by atoms with van der Waals surface area (Å²) in [5.41, 5.74) is 3.86. The van der Waals surface area contributed by atoms with Crippen LogP contribution in [0.25, 0.3) is 10.9 Å². The predicted octanol–water partition coefficient (Wildman–Crippen LogP) is 5.38. The van der Waals surface area contributed by atoms with Crippen molar-refractivity contribution in [2.75, 3.05) is 39.2 Å². The molecule has 1 aliphatic rings. The van der Waals surface area contributed by atoms with E-state index in [-0.39, 0.29) is 11.8 Å². The number of hydrogen-bond donors (Lipinski definition) is 2. The summed E-state index contributed by atoms with van der Waals surface area (Å²) in [7, 11) is 5.32. The van der Waals surface area contributed by atoms with Crippen LogP contribution < -0.4 is 14.4 Å². The van der Waals surface area contributed by atoms with Crippen LogP contribution in [0.1, 0.15) is 34.8 Å². The first kappa shape index (κ1) is 28.4. The molecule has 0 saturated heterocycles. The number of amides is 1. The summed E-state index contributed by atoms with van der Waals surface area (Å²) in [6.45, 7) is 3.03. The fraction of sp³-hybridized carbons (Fsp3) is 0.219. The molecule has 0 atom stereocenters. The van der Waals surface area contributed by atoms with Crippen molar-refractivity contribution in [1.82, 2.24) is 9.88 Å². The number of anilines is 1. The zero-order chi connectivity index (χ0) is 29.8. The molecule has 0 aliphatic carbocycles. The summed E-state index contributed by atoms with van der Waals surface area (Å²) in [5.74, 6) is 0.421. The van der Waals surface area contributed by atoms with E-state index in [2.05, 4.69) is 9.88 Å². The molecule has 216 valence electrons. The van der Waals surface area contributed by atoms with E-state index >= 15 is 0 Å². The Morgan fingerprint density at radius 1 is 0.929 bits per heavy atom. The van der Waals surface area contributed by atoms with Crippen LogP contribution in [0.4, 0.5) is 11.4 Å². The molecule has 2 N–H and O–H groups in total. The number of rotatable bonds is 9. The first-order chi connectivity index (χ1) is 20.2.